The van der Waals surface area contributed by atoms with Crippen LogP contribution in [-0.2, 0) is 5.41 Å². The van der Waals surface area contributed by atoms with Crippen molar-refractivity contribution in [1.29, 1.82) is 10.5 Å². The molecule has 4 rings (SSSR count). The normalized spacial score (nSPS) is 23.2. The number of hydrogen-bond donors (Lipinski definition) is 1. The molecule has 0 saturated heterocycles. The summed E-state index contributed by atoms with van der Waals surface area (Å²) in [7, 11) is 0. The number of H-pyrrole nitrogens is 1. The topological polar surface area (TPSA) is 88.1 Å². The lowest BCUT2D eigenvalue weighted by molar-refractivity contribution is 0.566. The van der Waals surface area contributed by atoms with Gasteiger partial charge >= 0.3 is 0 Å². The summed E-state index contributed by atoms with van der Waals surface area (Å²) in [6.07, 6.45) is 7.86. The number of nitrogens with one attached hydrogen (secondary N) is 1. The number of nitriles is 2. The maximum atomic E-state index is 9.06. The van der Waals surface area contributed by atoms with Crippen molar-refractivity contribution in [1.82, 2.24) is 4.98 Å². The quantitative estimate of drug-likeness (QED) is 0.806. The van der Waals surface area contributed by atoms with Crippen molar-refractivity contribution in [3.8, 4) is 23.5 Å². The number of aromatic nitrogens is 1. The lowest BCUT2D eigenvalue weighted by Gasteiger charge is -2.33. The van der Waals surface area contributed by atoms with Gasteiger partial charge in [-0.05, 0) is 54.7 Å². The fourth-order valence-corrected chi connectivity index (χ4v) is 3.76. The molecule has 1 aliphatic carbocycles. The van der Waals surface area contributed by atoms with Crippen LogP contribution < -0.4 is 0 Å². The molecule has 0 radical (unpaired) electrons. The Kier molecular flexibility index (Phi) is 3.29. The number of aliphatic imine (C=N–C) groups is 2. The van der Waals surface area contributed by atoms with Gasteiger partial charge in [-0.25, -0.2) is 0 Å². The van der Waals surface area contributed by atoms with E-state index in [2.05, 4.69) is 27.1 Å². The SMILES string of the molecule is N#C/N=C1/CCCCC12C=Nc1ccc(-c3ccc(C#N)[nH]3)cc12. The number of nitrogens with zero attached hydrogens (tertiary/aromatic N) is 4. The van der Waals surface area contributed by atoms with Gasteiger partial charge in [-0.15, -0.1) is 0 Å². The van der Waals surface area contributed by atoms with Crippen molar-refractivity contribution in [3.63, 3.8) is 0 Å². The molecule has 1 atom stereocenters. The van der Waals surface area contributed by atoms with Crippen molar-refractivity contribution < 1.29 is 0 Å². The van der Waals surface area contributed by atoms with E-state index in [0.29, 0.717) is 5.69 Å². The molecule has 1 aliphatic heterocycles. The second kappa shape index (κ2) is 5.47. The molecule has 1 aromatic carbocycles. The first-order valence-corrected chi connectivity index (χ1v) is 8.02. The summed E-state index contributed by atoms with van der Waals surface area (Å²) in [6, 6.07) is 11.9. The Morgan fingerprint density at radius 3 is 2.88 bits per heavy atom. The Balaban J connectivity index is 1.84. The summed E-state index contributed by atoms with van der Waals surface area (Å²) in [5, 5.41) is 18.1. The summed E-state index contributed by atoms with van der Waals surface area (Å²) in [6.45, 7) is 0. The number of aromatic amines is 1. The van der Waals surface area contributed by atoms with Crippen molar-refractivity contribution in [3.05, 3.63) is 41.6 Å². The molecule has 1 unspecified atom stereocenters. The van der Waals surface area contributed by atoms with Gasteiger partial charge in [0, 0.05) is 17.6 Å². The standard InChI is InChI=1S/C19H15N5/c20-10-14-5-7-16(24-14)13-4-6-17-15(9-13)19(11-22-17)8-2-1-3-18(19)23-12-21/h4-7,9,11,24H,1-3,8H2/b23-18-. The van der Waals surface area contributed by atoms with Crippen LogP contribution in [0.3, 0.4) is 0 Å². The van der Waals surface area contributed by atoms with Gasteiger partial charge in [0.1, 0.15) is 11.8 Å². The fourth-order valence-electron chi connectivity index (χ4n) is 3.76. The number of rotatable bonds is 1. The third kappa shape index (κ3) is 2.06. The van der Waals surface area contributed by atoms with Crippen molar-refractivity contribution >= 4 is 17.6 Å². The van der Waals surface area contributed by atoms with E-state index in [4.69, 9.17) is 10.5 Å². The minimum atomic E-state index is -0.343. The first-order chi connectivity index (χ1) is 11.8. The maximum absolute atomic E-state index is 9.06. The van der Waals surface area contributed by atoms with Crippen LogP contribution in [-0.4, -0.2) is 16.9 Å². The number of hydrogen-bond acceptors (Lipinski definition) is 4. The largest absolute Gasteiger partial charge is 0.346 e. The highest BCUT2D eigenvalue weighted by molar-refractivity contribution is 6.13. The highest BCUT2D eigenvalue weighted by Crippen LogP contribution is 2.46. The van der Waals surface area contributed by atoms with Crippen molar-refractivity contribution in [2.75, 3.05) is 0 Å². The monoisotopic (exact) mass is 313 g/mol. The second-order valence-electron chi connectivity index (χ2n) is 6.22. The van der Waals surface area contributed by atoms with Crippen LogP contribution in [0.15, 0.2) is 40.3 Å². The molecule has 1 saturated carbocycles. The van der Waals surface area contributed by atoms with Crippen LogP contribution in [0.4, 0.5) is 5.69 Å². The Morgan fingerprint density at radius 1 is 1.17 bits per heavy atom. The Hall–Kier alpha value is -3.18. The molecule has 2 aromatic rings. The van der Waals surface area contributed by atoms with Gasteiger partial charge in [0.05, 0.1) is 11.1 Å². The predicted octanol–water partition coefficient (Wildman–Crippen LogP) is 4.00. The zero-order chi connectivity index (χ0) is 16.6. The van der Waals surface area contributed by atoms with Crippen LogP contribution in [0.5, 0.6) is 0 Å². The van der Waals surface area contributed by atoms with E-state index in [0.717, 1.165) is 53.9 Å². The molecule has 1 fully saturated rings. The smallest absolute Gasteiger partial charge is 0.205 e. The predicted molar refractivity (Wildman–Crippen MR) is 92.3 cm³/mol. The van der Waals surface area contributed by atoms with E-state index in [1.165, 1.54) is 0 Å². The molecular formula is C19H15N5. The summed E-state index contributed by atoms with van der Waals surface area (Å²) in [5.74, 6) is 0. The van der Waals surface area contributed by atoms with Crippen LogP contribution in [0, 0.1) is 22.8 Å². The molecule has 1 aromatic heterocycles. The molecule has 24 heavy (non-hydrogen) atoms. The van der Waals surface area contributed by atoms with Crippen LogP contribution in [0.2, 0.25) is 0 Å². The van der Waals surface area contributed by atoms with Gasteiger partial charge in [-0.3, -0.25) is 4.99 Å². The Bertz CT molecular complexity index is 951. The van der Waals surface area contributed by atoms with Crippen LogP contribution in [0.1, 0.15) is 36.9 Å². The first kappa shape index (κ1) is 14.4. The summed E-state index contributed by atoms with van der Waals surface area (Å²) in [4.78, 5) is 11.8. The van der Waals surface area contributed by atoms with E-state index in [9.17, 15) is 0 Å². The molecule has 1 spiro atoms. The minimum Gasteiger partial charge on any atom is -0.346 e. The summed E-state index contributed by atoms with van der Waals surface area (Å²) in [5.41, 5.74) is 5.10. The third-order valence-electron chi connectivity index (χ3n) is 4.95. The Labute approximate surface area is 140 Å². The summed E-state index contributed by atoms with van der Waals surface area (Å²) >= 11 is 0. The number of fused-ring (bicyclic) bond motifs is 2. The molecule has 2 aliphatic rings. The Morgan fingerprint density at radius 2 is 2.08 bits per heavy atom. The van der Waals surface area contributed by atoms with E-state index in [-0.39, 0.29) is 5.41 Å². The number of benzene rings is 1. The van der Waals surface area contributed by atoms with Gasteiger partial charge in [0.15, 0.2) is 0 Å². The fraction of sp³-hybridized carbons (Fsp3) is 0.263. The summed E-state index contributed by atoms with van der Waals surface area (Å²) < 4.78 is 0. The highest BCUT2D eigenvalue weighted by atomic mass is 14.8. The molecular weight excluding hydrogens is 298 g/mol. The average Bonchev–Trinajstić information content (AvgIpc) is 3.23. The van der Waals surface area contributed by atoms with E-state index in [1.54, 1.807) is 6.07 Å². The molecule has 1 N–H and O–H groups in total. The molecule has 116 valence electrons. The molecule has 2 heterocycles. The van der Waals surface area contributed by atoms with E-state index < -0.39 is 0 Å². The van der Waals surface area contributed by atoms with Gasteiger partial charge in [0.25, 0.3) is 0 Å². The zero-order valence-corrected chi connectivity index (χ0v) is 13.1. The van der Waals surface area contributed by atoms with Gasteiger partial charge in [0.2, 0.25) is 6.19 Å². The van der Waals surface area contributed by atoms with E-state index >= 15 is 0 Å². The molecule has 0 amide bonds. The second-order valence-corrected chi connectivity index (χ2v) is 6.22. The minimum absolute atomic E-state index is 0.343. The van der Waals surface area contributed by atoms with Gasteiger partial charge < -0.3 is 4.98 Å². The lowest BCUT2D eigenvalue weighted by atomic mass is 9.69. The van der Waals surface area contributed by atoms with Crippen LogP contribution >= 0.6 is 0 Å². The van der Waals surface area contributed by atoms with Gasteiger partial charge in [-0.1, -0.05) is 12.5 Å². The van der Waals surface area contributed by atoms with E-state index in [1.807, 2.05) is 30.6 Å². The van der Waals surface area contributed by atoms with Crippen molar-refractivity contribution in [2.45, 2.75) is 31.1 Å². The molecule has 0 bridgehead atoms. The van der Waals surface area contributed by atoms with Crippen molar-refractivity contribution in [2.24, 2.45) is 9.98 Å². The average molecular weight is 313 g/mol. The highest BCUT2D eigenvalue weighted by Gasteiger charge is 2.42. The lowest BCUT2D eigenvalue weighted by Crippen LogP contribution is -2.38. The molecule has 5 nitrogen and oxygen atoms in total. The molecule has 5 heteroatoms. The zero-order valence-electron chi connectivity index (χ0n) is 13.1. The maximum Gasteiger partial charge on any atom is 0.205 e. The van der Waals surface area contributed by atoms with Crippen LogP contribution in [0.25, 0.3) is 11.3 Å². The van der Waals surface area contributed by atoms with Gasteiger partial charge in [-0.2, -0.15) is 15.5 Å². The first-order valence-electron chi connectivity index (χ1n) is 8.02. The third-order valence-corrected chi connectivity index (χ3v) is 4.95.